The third-order valence-electron chi connectivity index (χ3n) is 5.07. The zero-order chi connectivity index (χ0) is 23.0. The van der Waals surface area contributed by atoms with Crippen molar-refractivity contribution in [2.24, 2.45) is 0 Å². The summed E-state index contributed by atoms with van der Waals surface area (Å²) in [5.74, 6) is 0.808. The van der Waals surface area contributed by atoms with Crippen LogP contribution < -0.4 is 14.8 Å². The molecule has 5 nitrogen and oxygen atoms in total. The van der Waals surface area contributed by atoms with Crippen molar-refractivity contribution in [2.45, 2.75) is 13.2 Å². The quantitative estimate of drug-likeness (QED) is 0.258. The number of halogens is 1. The summed E-state index contributed by atoms with van der Waals surface area (Å²) >= 11 is 3.49. The van der Waals surface area contributed by atoms with Gasteiger partial charge in [-0.2, -0.15) is 4.98 Å². The van der Waals surface area contributed by atoms with E-state index in [1.165, 1.54) is 0 Å². The van der Waals surface area contributed by atoms with Gasteiger partial charge in [-0.3, -0.25) is 5.41 Å². The van der Waals surface area contributed by atoms with Crippen LogP contribution in [0, 0.1) is 5.41 Å². The fourth-order valence-corrected chi connectivity index (χ4v) is 3.71. The molecule has 0 amide bonds. The smallest absolute Gasteiger partial charge is 0.226 e. The molecule has 0 atom stereocenters. The molecule has 6 heteroatoms. The lowest BCUT2D eigenvalue weighted by Crippen LogP contribution is -2.10. The van der Waals surface area contributed by atoms with Gasteiger partial charge in [0.25, 0.3) is 0 Å². The highest BCUT2D eigenvalue weighted by Gasteiger charge is 2.17. The summed E-state index contributed by atoms with van der Waals surface area (Å²) in [4.78, 5) is 4.61. The summed E-state index contributed by atoms with van der Waals surface area (Å²) < 4.78 is 12.9. The Morgan fingerprint density at radius 3 is 2.06 bits per heavy atom. The summed E-state index contributed by atoms with van der Waals surface area (Å²) in [6.45, 7) is 0.745. The van der Waals surface area contributed by atoms with Crippen LogP contribution in [0.15, 0.2) is 95.5 Å². The molecule has 4 rings (SSSR count). The van der Waals surface area contributed by atoms with Crippen LogP contribution in [0.4, 0.5) is 5.69 Å². The van der Waals surface area contributed by atoms with Gasteiger partial charge in [0.2, 0.25) is 11.8 Å². The minimum atomic E-state index is 0.317. The van der Waals surface area contributed by atoms with Crippen molar-refractivity contribution in [1.29, 1.82) is 5.41 Å². The molecule has 0 unspecified atom stereocenters. The van der Waals surface area contributed by atoms with Gasteiger partial charge < -0.3 is 14.8 Å². The van der Waals surface area contributed by atoms with Crippen LogP contribution in [0.25, 0.3) is 0 Å². The standard InChI is InChI=1S/C27H24BrN3O2/c1-30-24-16-21(28)12-13-22(24)26(29)23-14-15-25(32-17-19-8-4-2-5-9-19)31-27(23)33-18-20-10-6-3-7-11-20/h2-16,29-30H,17-18H2,1H3. The molecule has 0 aliphatic heterocycles. The van der Waals surface area contributed by atoms with E-state index >= 15 is 0 Å². The highest BCUT2D eigenvalue weighted by atomic mass is 79.9. The van der Waals surface area contributed by atoms with E-state index in [-0.39, 0.29) is 0 Å². The Labute approximate surface area is 202 Å². The molecular formula is C27H24BrN3O2. The fourth-order valence-electron chi connectivity index (χ4n) is 3.35. The first kappa shape index (κ1) is 22.6. The van der Waals surface area contributed by atoms with Crippen LogP contribution in [0.5, 0.6) is 11.8 Å². The predicted molar refractivity (Wildman–Crippen MR) is 135 cm³/mol. The number of rotatable bonds is 9. The summed E-state index contributed by atoms with van der Waals surface area (Å²) in [5.41, 5.74) is 4.58. The Kier molecular flexibility index (Phi) is 7.37. The zero-order valence-electron chi connectivity index (χ0n) is 18.2. The third kappa shape index (κ3) is 5.79. The average molecular weight is 502 g/mol. The van der Waals surface area contributed by atoms with E-state index < -0.39 is 0 Å². The Bertz CT molecular complexity index is 1230. The molecule has 0 bridgehead atoms. The normalized spacial score (nSPS) is 10.5. The van der Waals surface area contributed by atoms with Gasteiger partial charge >= 0.3 is 0 Å². The van der Waals surface area contributed by atoms with Crippen molar-refractivity contribution >= 4 is 27.3 Å². The van der Waals surface area contributed by atoms with Gasteiger partial charge in [-0.25, -0.2) is 0 Å². The molecule has 0 aliphatic rings. The van der Waals surface area contributed by atoms with Gasteiger partial charge in [0.1, 0.15) is 13.2 Å². The van der Waals surface area contributed by atoms with Gasteiger partial charge in [-0.05, 0) is 35.4 Å². The second kappa shape index (κ2) is 10.8. The maximum absolute atomic E-state index is 8.90. The Balaban J connectivity index is 1.63. The highest BCUT2D eigenvalue weighted by Crippen LogP contribution is 2.29. The van der Waals surface area contributed by atoms with Gasteiger partial charge in [0.05, 0.1) is 11.3 Å². The van der Waals surface area contributed by atoms with E-state index in [0.717, 1.165) is 26.9 Å². The van der Waals surface area contributed by atoms with Crippen LogP contribution in [0.3, 0.4) is 0 Å². The Hall–Kier alpha value is -3.64. The topological polar surface area (TPSA) is 67.2 Å². The molecule has 3 aromatic carbocycles. The molecule has 4 aromatic rings. The molecule has 1 heterocycles. The van der Waals surface area contributed by atoms with Gasteiger partial charge in [-0.1, -0.05) is 76.6 Å². The molecule has 0 saturated heterocycles. The highest BCUT2D eigenvalue weighted by molar-refractivity contribution is 9.10. The molecule has 0 radical (unpaired) electrons. The molecule has 166 valence electrons. The monoisotopic (exact) mass is 501 g/mol. The minimum Gasteiger partial charge on any atom is -0.473 e. The number of hydrogen-bond donors (Lipinski definition) is 2. The molecule has 0 aliphatic carbocycles. The maximum atomic E-state index is 8.90. The summed E-state index contributed by atoms with van der Waals surface area (Å²) in [6.07, 6.45) is 0. The minimum absolute atomic E-state index is 0.317. The second-order valence-electron chi connectivity index (χ2n) is 7.37. The van der Waals surface area contributed by atoms with Gasteiger partial charge in [0.15, 0.2) is 0 Å². The molecule has 33 heavy (non-hydrogen) atoms. The van der Waals surface area contributed by atoms with Crippen LogP contribution in [0.2, 0.25) is 0 Å². The average Bonchev–Trinajstić information content (AvgIpc) is 2.87. The molecular weight excluding hydrogens is 478 g/mol. The lowest BCUT2D eigenvalue weighted by molar-refractivity contribution is 0.267. The number of pyridine rings is 1. The van der Waals surface area contributed by atoms with Crippen molar-refractivity contribution in [2.75, 3.05) is 12.4 Å². The largest absolute Gasteiger partial charge is 0.473 e. The lowest BCUT2D eigenvalue weighted by Gasteiger charge is -2.16. The third-order valence-corrected chi connectivity index (χ3v) is 5.57. The van der Waals surface area contributed by atoms with E-state index in [2.05, 4.69) is 26.2 Å². The molecule has 1 aromatic heterocycles. The SMILES string of the molecule is CNc1cc(Br)ccc1C(=N)c1ccc(OCc2ccccc2)nc1OCc1ccccc1. The second-order valence-corrected chi connectivity index (χ2v) is 8.28. The van der Waals surface area contributed by atoms with E-state index in [1.807, 2.05) is 92.0 Å². The summed E-state index contributed by atoms with van der Waals surface area (Å²) in [7, 11) is 1.84. The van der Waals surface area contributed by atoms with E-state index in [4.69, 9.17) is 14.9 Å². The van der Waals surface area contributed by atoms with Crippen molar-refractivity contribution in [1.82, 2.24) is 4.98 Å². The van der Waals surface area contributed by atoms with Crippen LogP contribution >= 0.6 is 15.9 Å². The number of hydrogen-bond acceptors (Lipinski definition) is 5. The summed E-state index contributed by atoms with van der Waals surface area (Å²) in [6, 6.07) is 29.2. The fraction of sp³-hybridized carbons (Fsp3) is 0.111. The first-order chi connectivity index (χ1) is 16.1. The van der Waals surface area contributed by atoms with E-state index in [0.29, 0.717) is 36.2 Å². The molecule has 0 spiro atoms. The molecule has 0 saturated carbocycles. The van der Waals surface area contributed by atoms with Crippen LogP contribution in [-0.2, 0) is 13.2 Å². The number of nitrogens with one attached hydrogen (secondary N) is 2. The molecule has 0 fully saturated rings. The predicted octanol–water partition coefficient (Wildman–Crippen LogP) is 6.46. The van der Waals surface area contributed by atoms with Crippen LogP contribution in [-0.4, -0.2) is 17.7 Å². The Morgan fingerprint density at radius 2 is 1.42 bits per heavy atom. The number of anilines is 1. The van der Waals surface area contributed by atoms with E-state index in [9.17, 15) is 0 Å². The lowest BCUT2D eigenvalue weighted by atomic mass is 10.0. The van der Waals surface area contributed by atoms with Crippen molar-refractivity contribution in [3.05, 3.63) is 118 Å². The van der Waals surface area contributed by atoms with Gasteiger partial charge in [-0.15, -0.1) is 0 Å². The number of aromatic nitrogens is 1. The van der Waals surface area contributed by atoms with Gasteiger partial charge in [0, 0.05) is 28.8 Å². The zero-order valence-corrected chi connectivity index (χ0v) is 19.8. The van der Waals surface area contributed by atoms with Crippen molar-refractivity contribution in [3.8, 4) is 11.8 Å². The van der Waals surface area contributed by atoms with E-state index in [1.54, 1.807) is 6.07 Å². The first-order valence-electron chi connectivity index (χ1n) is 10.5. The number of nitrogens with zero attached hydrogens (tertiary/aromatic N) is 1. The molecule has 2 N–H and O–H groups in total. The van der Waals surface area contributed by atoms with Crippen LogP contribution in [0.1, 0.15) is 22.3 Å². The Morgan fingerprint density at radius 1 is 0.818 bits per heavy atom. The van der Waals surface area contributed by atoms with Crippen molar-refractivity contribution < 1.29 is 9.47 Å². The van der Waals surface area contributed by atoms with Crippen molar-refractivity contribution in [3.63, 3.8) is 0 Å². The first-order valence-corrected chi connectivity index (χ1v) is 11.3. The summed E-state index contributed by atoms with van der Waals surface area (Å²) in [5, 5.41) is 12.1. The maximum Gasteiger partial charge on any atom is 0.226 e. The number of benzene rings is 3. The number of ether oxygens (including phenoxy) is 2.